The molecule has 2 atom stereocenters. The first-order chi connectivity index (χ1) is 8.54. The first-order valence-corrected chi connectivity index (χ1v) is 7.60. The van der Waals surface area contributed by atoms with Crippen LogP contribution in [0.3, 0.4) is 0 Å². The van der Waals surface area contributed by atoms with Gasteiger partial charge in [-0.15, -0.1) is 0 Å². The zero-order chi connectivity index (χ0) is 13.5. The summed E-state index contributed by atoms with van der Waals surface area (Å²) < 4.78 is 0. The van der Waals surface area contributed by atoms with E-state index in [9.17, 15) is 0 Å². The maximum Gasteiger partial charge on any atom is 0.0373 e. The molecule has 1 aliphatic heterocycles. The Morgan fingerprint density at radius 2 is 1.89 bits per heavy atom. The Morgan fingerprint density at radius 3 is 2.50 bits per heavy atom. The van der Waals surface area contributed by atoms with Gasteiger partial charge in [-0.25, -0.2) is 0 Å². The Bertz CT molecular complexity index is 218. The Kier molecular flexibility index (Phi) is 7.20. The molecule has 1 heterocycles. The molecule has 1 N–H and O–H groups in total. The predicted molar refractivity (Wildman–Crippen MR) is 80.1 cm³/mol. The summed E-state index contributed by atoms with van der Waals surface area (Å²) in [7, 11) is 6.67. The molecule has 1 saturated heterocycles. The number of nitrogens with one attached hydrogen (secondary N) is 1. The molecule has 3 heteroatoms. The summed E-state index contributed by atoms with van der Waals surface area (Å²) in [5.74, 6) is 0.831. The van der Waals surface area contributed by atoms with Crippen LogP contribution in [-0.2, 0) is 0 Å². The second-order valence-electron chi connectivity index (χ2n) is 6.38. The Balaban J connectivity index is 2.49. The summed E-state index contributed by atoms with van der Waals surface area (Å²) >= 11 is 0. The number of likely N-dealkylation sites (N-methyl/N-ethyl adjacent to an activating group) is 3. The number of hydrogen-bond acceptors (Lipinski definition) is 3. The molecule has 1 aliphatic rings. The third-order valence-corrected chi connectivity index (χ3v) is 4.25. The van der Waals surface area contributed by atoms with E-state index < -0.39 is 0 Å². The maximum absolute atomic E-state index is 3.56. The molecule has 108 valence electrons. The van der Waals surface area contributed by atoms with Crippen LogP contribution in [0.1, 0.15) is 39.5 Å². The van der Waals surface area contributed by atoms with Crippen LogP contribution in [0.4, 0.5) is 0 Å². The van der Waals surface area contributed by atoms with Crippen LogP contribution >= 0.6 is 0 Å². The van der Waals surface area contributed by atoms with Crippen LogP contribution in [0, 0.1) is 5.92 Å². The molecule has 0 spiro atoms. The van der Waals surface area contributed by atoms with E-state index >= 15 is 0 Å². The molecule has 0 bridgehead atoms. The lowest BCUT2D eigenvalue weighted by atomic mass is 9.97. The van der Waals surface area contributed by atoms with Crippen molar-refractivity contribution in [3.8, 4) is 0 Å². The first kappa shape index (κ1) is 15.9. The molecule has 0 aromatic carbocycles. The van der Waals surface area contributed by atoms with Crippen molar-refractivity contribution in [3.05, 3.63) is 0 Å². The fourth-order valence-electron chi connectivity index (χ4n) is 3.02. The minimum atomic E-state index is 0.634. The van der Waals surface area contributed by atoms with Gasteiger partial charge < -0.3 is 15.1 Å². The summed E-state index contributed by atoms with van der Waals surface area (Å²) in [6, 6.07) is 1.30. The predicted octanol–water partition coefficient (Wildman–Crippen LogP) is 2.04. The van der Waals surface area contributed by atoms with Crippen molar-refractivity contribution < 1.29 is 0 Å². The van der Waals surface area contributed by atoms with Gasteiger partial charge in [-0.3, -0.25) is 0 Å². The maximum atomic E-state index is 3.56. The third kappa shape index (κ3) is 5.25. The molecule has 0 aromatic heterocycles. The lowest BCUT2D eigenvalue weighted by Crippen LogP contribution is -2.51. The van der Waals surface area contributed by atoms with E-state index in [2.05, 4.69) is 50.1 Å². The SMILES string of the molecule is CNC(CCCC(C)C)C1CN(C)CCCN1C. The summed E-state index contributed by atoms with van der Waals surface area (Å²) in [6.45, 7) is 8.31. The van der Waals surface area contributed by atoms with Crippen molar-refractivity contribution in [2.75, 3.05) is 40.8 Å². The van der Waals surface area contributed by atoms with Gasteiger partial charge in [-0.05, 0) is 53.0 Å². The van der Waals surface area contributed by atoms with Gasteiger partial charge in [0.1, 0.15) is 0 Å². The van der Waals surface area contributed by atoms with Gasteiger partial charge in [-0.2, -0.15) is 0 Å². The van der Waals surface area contributed by atoms with Crippen LogP contribution in [-0.4, -0.2) is 62.7 Å². The quantitative estimate of drug-likeness (QED) is 0.783. The highest BCUT2D eigenvalue weighted by Crippen LogP contribution is 2.16. The highest BCUT2D eigenvalue weighted by molar-refractivity contribution is 4.86. The number of hydrogen-bond donors (Lipinski definition) is 1. The molecule has 18 heavy (non-hydrogen) atoms. The van der Waals surface area contributed by atoms with Crippen LogP contribution in [0.2, 0.25) is 0 Å². The van der Waals surface area contributed by atoms with Gasteiger partial charge in [0.25, 0.3) is 0 Å². The monoisotopic (exact) mass is 255 g/mol. The van der Waals surface area contributed by atoms with E-state index in [0.717, 1.165) is 5.92 Å². The van der Waals surface area contributed by atoms with Crippen molar-refractivity contribution in [1.29, 1.82) is 0 Å². The average molecular weight is 255 g/mol. The van der Waals surface area contributed by atoms with E-state index in [1.165, 1.54) is 45.3 Å². The molecule has 2 unspecified atom stereocenters. The number of rotatable bonds is 6. The van der Waals surface area contributed by atoms with Gasteiger partial charge in [0.15, 0.2) is 0 Å². The van der Waals surface area contributed by atoms with Gasteiger partial charge in [0.2, 0.25) is 0 Å². The lowest BCUT2D eigenvalue weighted by molar-refractivity contribution is 0.174. The fraction of sp³-hybridized carbons (Fsp3) is 1.00. The average Bonchev–Trinajstić information content (AvgIpc) is 2.47. The molecule has 0 aromatic rings. The van der Waals surface area contributed by atoms with Crippen LogP contribution in [0.5, 0.6) is 0 Å². The Labute approximate surface area is 114 Å². The zero-order valence-electron chi connectivity index (χ0n) is 13.1. The van der Waals surface area contributed by atoms with Gasteiger partial charge in [0, 0.05) is 18.6 Å². The summed E-state index contributed by atoms with van der Waals surface area (Å²) in [5.41, 5.74) is 0. The van der Waals surface area contributed by atoms with Crippen molar-refractivity contribution >= 4 is 0 Å². The minimum absolute atomic E-state index is 0.634. The highest BCUT2D eigenvalue weighted by atomic mass is 15.2. The number of nitrogens with zero attached hydrogens (tertiary/aromatic N) is 2. The zero-order valence-corrected chi connectivity index (χ0v) is 13.1. The van der Waals surface area contributed by atoms with Gasteiger partial charge in [-0.1, -0.05) is 26.7 Å². The van der Waals surface area contributed by atoms with Crippen molar-refractivity contribution in [2.24, 2.45) is 5.92 Å². The molecule has 0 amide bonds. The van der Waals surface area contributed by atoms with Gasteiger partial charge in [0.05, 0.1) is 0 Å². The van der Waals surface area contributed by atoms with E-state index in [4.69, 9.17) is 0 Å². The molecular weight excluding hydrogens is 222 g/mol. The van der Waals surface area contributed by atoms with Crippen LogP contribution in [0.15, 0.2) is 0 Å². The first-order valence-electron chi connectivity index (χ1n) is 7.60. The second kappa shape index (κ2) is 8.13. The summed E-state index contributed by atoms with van der Waals surface area (Å²) in [4.78, 5) is 5.04. The van der Waals surface area contributed by atoms with Gasteiger partial charge >= 0.3 is 0 Å². The van der Waals surface area contributed by atoms with E-state index in [1.54, 1.807) is 0 Å². The minimum Gasteiger partial charge on any atom is -0.315 e. The van der Waals surface area contributed by atoms with Crippen LogP contribution < -0.4 is 5.32 Å². The Hall–Kier alpha value is -0.120. The van der Waals surface area contributed by atoms with E-state index in [0.29, 0.717) is 12.1 Å². The summed E-state index contributed by atoms with van der Waals surface area (Å²) in [5, 5.41) is 3.56. The molecule has 0 aliphatic carbocycles. The smallest absolute Gasteiger partial charge is 0.0373 e. The summed E-state index contributed by atoms with van der Waals surface area (Å²) in [6.07, 6.45) is 5.30. The molecule has 1 fully saturated rings. The largest absolute Gasteiger partial charge is 0.315 e. The van der Waals surface area contributed by atoms with Crippen molar-refractivity contribution in [1.82, 2.24) is 15.1 Å². The topological polar surface area (TPSA) is 18.5 Å². The highest BCUT2D eigenvalue weighted by Gasteiger charge is 2.27. The molecule has 0 saturated carbocycles. The van der Waals surface area contributed by atoms with E-state index in [1.807, 2.05) is 0 Å². The van der Waals surface area contributed by atoms with Crippen LogP contribution in [0.25, 0.3) is 0 Å². The Morgan fingerprint density at radius 1 is 1.17 bits per heavy atom. The molecule has 1 rings (SSSR count). The second-order valence-corrected chi connectivity index (χ2v) is 6.38. The molecular formula is C15H33N3. The molecule has 0 radical (unpaired) electrons. The van der Waals surface area contributed by atoms with E-state index in [-0.39, 0.29) is 0 Å². The molecule has 3 nitrogen and oxygen atoms in total. The lowest BCUT2D eigenvalue weighted by Gasteiger charge is -2.34. The normalized spacial score (nSPS) is 25.3. The van der Waals surface area contributed by atoms with Crippen molar-refractivity contribution in [2.45, 2.75) is 51.6 Å². The van der Waals surface area contributed by atoms with Crippen molar-refractivity contribution in [3.63, 3.8) is 0 Å². The fourth-order valence-corrected chi connectivity index (χ4v) is 3.02. The third-order valence-electron chi connectivity index (χ3n) is 4.25. The standard InChI is InChI=1S/C15H33N3/c1-13(2)8-6-9-14(16-3)15-12-17(4)10-7-11-18(15)5/h13-16H,6-12H2,1-5H3.